The van der Waals surface area contributed by atoms with Crippen LogP contribution in [0.1, 0.15) is 6.42 Å². The molecule has 27 heavy (non-hydrogen) atoms. The molecule has 8 nitrogen and oxygen atoms in total. The molecule has 0 amide bonds. The number of hydrogen-bond acceptors (Lipinski definition) is 7. The summed E-state index contributed by atoms with van der Waals surface area (Å²) in [6, 6.07) is 9.66. The van der Waals surface area contributed by atoms with E-state index < -0.39 is 4.92 Å². The quantitative estimate of drug-likeness (QED) is 0.266. The maximum atomic E-state index is 10.8. The minimum atomic E-state index is -0.444. The van der Waals surface area contributed by atoms with Gasteiger partial charge in [0.25, 0.3) is 5.69 Å². The van der Waals surface area contributed by atoms with Crippen LogP contribution in [-0.2, 0) is 0 Å². The number of non-ortho nitro benzene ring substituents is 1. The largest absolute Gasteiger partial charge is 0.493 e. The van der Waals surface area contributed by atoms with Gasteiger partial charge in [-0.1, -0.05) is 0 Å². The van der Waals surface area contributed by atoms with Crippen LogP contribution in [0, 0.1) is 10.1 Å². The van der Waals surface area contributed by atoms with Crippen LogP contribution in [0.3, 0.4) is 0 Å². The van der Waals surface area contributed by atoms with E-state index in [0.29, 0.717) is 41.0 Å². The fraction of sp³-hybridized carbons (Fsp3) is 0.222. The van der Waals surface area contributed by atoms with Gasteiger partial charge in [0.2, 0.25) is 0 Å². The topological polar surface area (TPSA) is 99.4 Å². The number of alkyl halides is 1. The molecule has 0 saturated carbocycles. The lowest BCUT2D eigenvalue weighted by molar-refractivity contribution is -0.384. The minimum absolute atomic E-state index is 0.0218. The first-order chi connectivity index (χ1) is 13.1. The van der Waals surface area contributed by atoms with Crippen molar-refractivity contribution in [1.29, 1.82) is 0 Å². The Morgan fingerprint density at radius 2 is 1.96 bits per heavy atom. The molecule has 0 radical (unpaired) electrons. The molecule has 0 bridgehead atoms. The third kappa shape index (κ3) is 4.35. The van der Waals surface area contributed by atoms with Crippen molar-refractivity contribution in [1.82, 2.24) is 9.97 Å². The summed E-state index contributed by atoms with van der Waals surface area (Å²) < 4.78 is 11.1. The fourth-order valence-electron chi connectivity index (χ4n) is 2.48. The predicted molar refractivity (Wildman–Crippen MR) is 103 cm³/mol. The maximum absolute atomic E-state index is 10.8. The molecule has 0 unspecified atom stereocenters. The monoisotopic (exact) mass is 388 g/mol. The average Bonchev–Trinajstić information content (AvgIpc) is 2.68. The highest BCUT2D eigenvalue weighted by molar-refractivity contribution is 6.17. The number of fused-ring (bicyclic) bond motifs is 1. The third-order valence-electron chi connectivity index (χ3n) is 3.80. The van der Waals surface area contributed by atoms with Crippen molar-refractivity contribution in [3.8, 4) is 11.5 Å². The first-order valence-electron chi connectivity index (χ1n) is 8.15. The van der Waals surface area contributed by atoms with Crippen LogP contribution in [0.5, 0.6) is 11.5 Å². The zero-order valence-corrected chi connectivity index (χ0v) is 15.3. The molecule has 0 saturated heterocycles. The summed E-state index contributed by atoms with van der Waals surface area (Å²) in [6.45, 7) is 0.477. The van der Waals surface area contributed by atoms with E-state index in [0.717, 1.165) is 11.8 Å². The molecule has 0 atom stereocenters. The number of aromatic nitrogens is 2. The lowest BCUT2D eigenvalue weighted by Gasteiger charge is -2.13. The predicted octanol–water partition coefficient (Wildman–Crippen LogP) is 4.30. The summed E-state index contributed by atoms with van der Waals surface area (Å²) in [6.07, 6.45) is 2.16. The number of benzene rings is 2. The Labute approximate surface area is 160 Å². The van der Waals surface area contributed by atoms with Gasteiger partial charge in [0.05, 0.1) is 24.2 Å². The van der Waals surface area contributed by atoms with E-state index in [1.54, 1.807) is 31.4 Å². The van der Waals surface area contributed by atoms with Crippen molar-refractivity contribution >= 4 is 39.7 Å². The summed E-state index contributed by atoms with van der Waals surface area (Å²) >= 11 is 5.68. The van der Waals surface area contributed by atoms with Gasteiger partial charge in [0.15, 0.2) is 11.5 Å². The molecule has 3 rings (SSSR count). The Balaban J connectivity index is 1.92. The van der Waals surface area contributed by atoms with Gasteiger partial charge in [-0.05, 0) is 24.6 Å². The van der Waals surface area contributed by atoms with E-state index >= 15 is 0 Å². The fourth-order valence-corrected chi connectivity index (χ4v) is 2.58. The summed E-state index contributed by atoms with van der Waals surface area (Å²) in [5.74, 6) is 2.20. The number of rotatable bonds is 8. The first-order valence-corrected chi connectivity index (χ1v) is 8.69. The molecule has 0 aliphatic rings. The molecule has 2 aromatic carbocycles. The Kier molecular flexibility index (Phi) is 5.87. The summed E-state index contributed by atoms with van der Waals surface area (Å²) in [5.41, 5.74) is 1.37. The zero-order chi connectivity index (χ0) is 19.2. The van der Waals surface area contributed by atoms with Crippen molar-refractivity contribution in [2.75, 3.05) is 24.9 Å². The highest BCUT2D eigenvalue weighted by atomic mass is 35.5. The Morgan fingerprint density at radius 1 is 1.19 bits per heavy atom. The summed E-state index contributed by atoms with van der Waals surface area (Å²) in [4.78, 5) is 18.9. The Bertz CT molecular complexity index is 950. The van der Waals surface area contributed by atoms with Gasteiger partial charge < -0.3 is 14.8 Å². The van der Waals surface area contributed by atoms with Crippen molar-refractivity contribution in [3.63, 3.8) is 0 Å². The second-order valence-corrected chi connectivity index (χ2v) is 5.94. The molecule has 0 aliphatic carbocycles. The van der Waals surface area contributed by atoms with Crippen LogP contribution in [-0.4, -0.2) is 34.5 Å². The molecule has 0 aliphatic heterocycles. The lowest BCUT2D eigenvalue weighted by Crippen LogP contribution is -2.01. The Hall–Kier alpha value is -3.13. The van der Waals surface area contributed by atoms with E-state index in [9.17, 15) is 10.1 Å². The molecular weight excluding hydrogens is 372 g/mol. The molecule has 1 N–H and O–H groups in total. The third-order valence-corrected chi connectivity index (χ3v) is 4.06. The van der Waals surface area contributed by atoms with Crippen molar-refractivity contribution in [2.24, 2.45) is 0 Å². The maximum Gasteiger partial charge on any atom is 0.269 e. The number of hydrogen-bond donors (Lipinski definition) is 1. The van der Waals surface area contributed by atoms with Crippen LogP contribution in [0.2, 0.25) is 0 Å². The highest BCUT2D eigenvalue weighted by Gasteiger charge is 2.12. The molecule has 9 heteroatoms. The van der Waals surface area contributed by atoms with E-state index in [4.69, 9.17) is 21.1 Å². The van der Waals surface area contributed by atoms with Crippen molar-refractivity contribution in [3.05, 3.63) is 52.8 Å². The smallest absolute Gasteiger partial charge is 0.269 e. The van der Waals surface area contributed by atoms with Gasteiger partial charge in [-0.3, -0.25) is 10.1 Å². The number of nitro benzene ring substituents is 1. The van der Waals surface area contributed by atoms with Gasteiger partial charge in [-0.2, -0.15) is 0 Å². The number of nitrogens with one attached hydrogen (secondary N) is 1. The van der Waals surface area contributed by atoms with Crippen LogP contribution >= 0.6 is 11.6 Å². The molecule has 140 valence electrons. The van der Waals surface area contributed by atoms with E-state index in [1.807, 2.05) is 0 Å². The van der Waals surface area contributed by atoms with Crippen molar-refractivity contribution < 1.29 is 14.4 Å². The SMILES string of the molecule is COc1cc2c(Nc3ccc([N+](=O)[O-])cc3)ncnc2cc1OCCCCl. The molecular formula is C18H17ClN4O4. The number of halogens is 1. The average molecular weight is 389 g/mol. The number of anilines is 2. The number of methoxy groups -OCH3 is 1. The zero-order valence-electron chi connectivity index (χ0n) is 14.5. The standard InChI is InChI=1S/C18H17ClN4O4/c1-26-16-9-14-15(10-17(16)27-8-2-7-19)20-11-21-18(14)22-12-3-5-13(6-4-12)23(24)25/h3-6,9-11H,2,7-8H2,1H3,(H,20,21,22). The van der Waals surface area contributed by atoms with Gasteiger partial charge >= 0.3 is 0 Å². The second kappa shape index (κ2) is 8.50. The number of ether oxygens (including phenoxy) is 2. The van der Waals surface area contributed by atoms with Gasteiger partial charge in [0.1, 0.15) is 12.1 Å². The van der Waals surface area contributed by atoms with E-state index in [-0.39, 0.29) is 5.69 Å². The summed E-state index contributed by atoms with van der Waals surface area (Å²) in [5, 5.41) is 14.7. The number of nitrogens with zero attached hydrogens (tertiary/aromatic N) is 3. The van der Waals surface area contributed by atoms with Gasteiger partial charge in [-0.15, -0.1) is 11.6 Å². The van der Waals surface area contributed by atoms with Crippen LogP contribution in [0.25, 0.3) is 10.9 Å². The van der Waals surface area contributed by atoms with E-state index in [2.05, 4.69) is 15.3 Å². The molecule has 0 spiro atoms. The van der Waals surface area contributed by atoms with Crippen LogP contribution in [0.4, 0.5) is 17.2 Å². The van der Waals surface area contributed by atoms with Gasteiger partial charge in [0, 0.05) is 35.2 Å². The van der Waals surface area contributed by atoms with Gasteiger partial charge in [-0.25, -0.2) is 9.97 Å². The molecule has 1 heterocycles. The van der Waals surface area contributed by atoms with E-state index in [1.165, 1.54) is 18.5 Å². The van der Waals surface area contributed by atoms with Crippen LogP contribution in [0.15, 0.2) is 42.7 Å². The highest BCUT2D eigenvalue weighted by Crippen LogP contribution is 2.34. The van der Waals surface area contributed by atoms with Crippen LogP contribution < -0.4 is 14.8 Å². The first kappa shape index (κ1) is 18.7. The number of nitro groups is 1. The summed E-state index contributed by atoms with van der Waals surface area (Å²) in [7, 11) is 1.56. The molecule has 3 aromatic rings. The minimum Gasteiger partial charge on any atom is -0.493 e. The normalized spacial score (nSPS) is 10.6. The molecule has 1 aromatic heterocycles. The lowest BCUT2D eigenvalue weighted by atomic mass is 10.2. The Morgan fingerprint density at radius 3 is 2.63 bits per heavy atom. The van der Waals surface area contributed by atoms with Crippen molar-refractivity contribution in [2.45, 2.75) is 6.42 Å². The second-order valence-electron chi connectivity index (χ2n) is 5.56. The molecule has 0 fully saturated rings.